The number of para-hydroxylation sites is 2. The molecular weight excluding hydrogens is 825 g/mol. The summed E-state index contributed by atoms with van der Waals surface area (Å²) in [6.45, 7) is 0. The smallest absolute Gasteiger partial charge is 0.136 e. The summed E-state index contributed by atoms with van der Waals surface area (Å²) in [5.41, 5.74) is 17.9. The van der Waals surface area contributed by atoms with Crippen molar-refractivity contribution in [2.24, 2.45) is 0 Å². The van der Waals surface area contributed by atoms with E-state index in [0.29, 0.717) is 0 Å². The molecule has 11 aromatic carbocycles. The molecule has 0 fully saturated rings. The van der Waals surface area contributed by atoms with Gasteiger partial charge in [-0.3, -0.25) is 0 Å². The Labute approximate surface area is 397 Å². The summed E-state index contributed by atoms with van der Waals surface area (Å²) in [4.78, 5) is 4.80. The van der Waals surface area contributed by atoms with E-state index in [1.807, 2.05) is 0 Å². The number of anilines is 6. The Bertz CT molecular complexity index is 3550. The maximum absolute atomic E-state index is 6.92. The molecule has 1 aliphatic carbocycles. The molecule has 0 unspecified atom stereocenters. The van der Waals surface area contributed by atoms with Crippen LogP contribution < -0.4 is 14.5 Å². The minimum atomic E-state index is -0.546. The number of fused-ring (bicyclic) bond motifs is 5. The van der Waals surface area contributed by atoms with Crippen molar-refractivity contribution < 1.29 is 4.74 Å². The van der Waals surface area contributed by atoms with Crippen LogP contribution in [0.2, 0.25) is 0 Å². The van der Waals surface area contributed by atoms with E-state index >= 15 is 0 Å². The fourth-order valence-corrected chi connectivity index (χ4v) is 11.0. The molecule has 0 radical (unpaired) electrons. The van der Waals surface area contributed by atoms with Gasteiger partial charge in [0.05, 0.1) is 16.8 Å². The summed E-state index contributed by atoms with van der Waals surface area (Å²) in [7, 11) is 0. The van der Waals surface area contributed by atoms with Crippen molar-refractivity contribution in [3.8, 4) is 44.9 Å². The van der Waals surface area contributed by atoms with E-state index < -0.39 is 5.41 Å². The highest BCUT2D eigenvalue weighted by molar-refractivity contribution is 6.12. The van der Waals surface area contributed by atoms with Crippen molar-refractivity contribution >= 4 is 44.9 Å². The van der Waals surface area contributed by atoms with Crippen LogP contribution in [0.1, 0.15) is 22.3 Å². The number of ether oxygens (including phenoxy) is 1. The monoisotopic (exact) mass is 868 g/mol. The third-order valence-corrected chi connectivity index (χ3v) is 13.9. The lowest BCUT2D eigenvalue weighted by molar-refractivity contribution is 0.487. The molecule has 11 aromatic rings. The van der Waals surface area contributed by atoms with Crippen molar-refractivity contribution in [3.05, 3.63) is 289 Å². The lowest BCUT2D eigenvalue weighted by atomic mass is 9.68. The summed E-state index contributed by atoms with van der Waals surface area (Å²) in [5, 5.41) is 2.19. The van der Waals surface area contributed by atoms with Crippen molar-refractivity contribution in [1.82, 2.24) is 0 Å². The van der Waals surface area contributed by atoms with Crippen LogP contribution in [0, 0.1) is 0 Å². The first-order chi connectivity index (χ1) is 33.8. The molecule has 1 heterocycles. The first-order valence-corrected chi connectivity index (χ1v) is 23.3. The topological polar surface area (TPSA) is 15.7 Å². The highest BCUT2D eigenvalue weighted by Crippen LogP contribution is 2.60. The van der Waals surface area contributed by atoms with Crippen LogP contribution in [-0.4, -0.2) is 0 Å². The van der Waals surface area contributed by atoms with Gasteiger partial charge in [-0.15, -0.1) is 0 Å². The maximum Gasteiger partial charge on any atom is 0.136 e. The lowest BCUT2D eigenvalue weighted by Crippen LogP contribution is -2.28. The molecule has 0 N–H and O–H groups in total. The summed E-state index contributed by atoms with van der Waals surface area (Å²) in [6.07, 6.45) is 0. The van der Waals surface area contributed by atoms with Gasteiger partial charge in [-0.2, -0.15) is 0 Å². The SMILES string of the molecule is c1ccc(-c2ccc(N(c3cccc4c3-c3ccccc3C4(c3ccccc3)c3ccccc3)c3ccc4c5c(cccc35)-c3cc(N(c5ccccc5)c5ccccc5)ccc3O4)cc2)cc1. The Morgan fingerprint density at radius 3 is 1.50 bits per heavy atom. The third kappa shape index (κ3) is 6.21. The van der Waals surface area contributed by atoms with Crippen molar-refractivity contribution in [2.75, 3.05) is 9.80 Å². The van der Waals surface area contributed by atoms with Gasteiger partial charge in [-0.05, 0) is 117 Å². The second-order valence-electron chi connectivity index (χ2n) is 17.6. The summed E-state index contributed by atoms with van der Waals surface area (Å²) >= 11 is 0. The predicted octanol–water partition coefficient (Wildman–Crippen LogP) is 17.6. The van der Waals surface area contributed by atoms with E-state index in [1.165, 1.54) is 44.5 Å². The Balaban J connectivity index is 1.05. The van der Waals surface area contributed by atoms with Crippen LogP contribution >= 0.6 is 0 Å². The number of benzene rings is 11. The average molecular weight is 869 g/mol. The zero-order valence-corrected chi connectivity index (χ0v) is 37.2. The average Bonchev–Trinajstić information content (AvgIpc) is 3.73. The highest BCUT2D eigenvalue weighted by Gasteiger charge is 2.47. The van der Waals surface area contributed by atoms with Crippen LogP contribution in [0.5, 0.6) is 11.5 Å². The Hall–Kier alpha value is -8.92. The van der Waals surface area contributed by atoms with Crippen LogP contribution in [0.3, 0.4) is 0 Å². The van der Waals surface area contributed by atoms with E-state index in [1.54, 1.807) is 0 Å². The van der Waals surface area contributed by atoms with Gasteiger partial charge in [-0.25, -0.2) is 0 Å². The molecule has 2 aliphatic rings. The molecule has 13 rings (SSSR count). The maximum atomic E-state index is 6.92. The Morgan fingerprint density at radius 2 is 0.824 bits per heavy atom. The van der Waals surface area contributed by atoms with Crippen molar-refractivity contribution in [3.63, 3.8) is 0 Å². The van der Waals surface area contributed by atoms with Gasteiger partial charge < -0.3 is 14.5 Å². The summed E-state index contributed by atoms with van der Waals surface area (Å²) in [5.74, 6) is 1.68. The van der Waals surface area contributed by atoms with Crippen LogP contribution in [-0.2, 0) is 5.41 Å². The normalized spacial score (nSPS) is 12.6. The summed E-state index contributed by atoms with van der Waals surface area (Å²) in [6, 6.07) is 96.6. The predicted molar refractivity (Wildman–Crippen MR) is 282 cm³/mol. The molecule has 0 saturated heterocycles. The fraction of sp³-hybridized carbons (Fsp3) is 0.0154. The van der Waals surface area contributed by atoms with Gasteiger partial charge in [0, 0.05) is 44.6 Å². The largest absolute Gasteiger partial charge is 0.456 e. The van der Waals surface area contributed by atoms with E-state index in [9.17, 15) is 0 Å². The molecule has 0 amide bonds. The van der Waals surface area contributed by atoms with E-state index in [2.05, 4.69) is 277 Å². The Kier molecular flexibility index (Phi) is 9.40. The summed E-state index contributed by atoms with van der Waals surface area (Å²) < 4.78 is 6.92. The molecule has 68 heavy (non-hydrogen) atoms. The molecule has 0 bridgehead atoms. The number of hydrogen-bond acceptors (Lipinski definition) is 3. The van der Waals surface area contributed by atoms with E-state index in [0.717, 1.165) is 67.5 Å². The minimum Gasteiger partial charge on any atom is -0.456 e. The van der Waals surface area contributed by atoms with Crippen molar-refractivity contribution in [1.29, 1.82) is 0 Å². The third-order valence-electron chi connectivity index (χ3n) is 13.9. The van der Waals surface area contributed by atoms with Gasteiger partial charge in [0.25, 0.3) is 0 Å². The second-order valence-corrected chi connectivity index (χ2v) is 17.6. The van der Waals surface area contributed by atoms with Crippen molar-refractivity contribution in [2.45, 2.75) is 5.41 Å². The molecule has 0 spiro atoms. The zero-order chi connectivity index (χ0) is 45.0. The van der Waals surface area contributed by atoms with Crippen LogP contribution in [0.15, 0.2) is 267 Å². The minimum absolute atomic E-state index is 0.546. The number of hydrogen-bond donors (Lipinski definition) is 0. The Morgan fingerprint density at radius 1 is 0.309 bits per heavy atom. The molecule has 320 valence electrons. The number of rotatable bonds is 9. The first kappa shape index (κ1) is 39.4. The second kappa shape index (κ2) is 16.2. The molecular formula is C65H44N2O. The van der Waals surface area contributed by atoms with Crippen LogP contribution in [0.25, 0.3) is 44.2 Å². The van der Waals surface area contributed by atoms with Gasteiger partial charge >= 0.3 is 0 Å². The first-order valence-electron chi connectivity index (χ1n) is 23.3. The molecule has 3 heteroatoms. The van der Waals surface area contributed by atoms with Gasteiger partial charge in [0.2, 0.25) is 0 Å². The van der Waals surface area contributed by atoms with Crippen LogP contribution in [0.4, 0.5) is 34.1 Å². The quantitative estimate of drug-likeness (QED) is 0.144. The highest BCUT2D eigenvalue weighted by atomic mass is 16.5. The molecule has 0 saturated carbocycles. The lowest BCUT2D eigenvalue weighted by Gasteiger charge is -2.34. The number of nitrogens with zero attached hydrogens (tertiary/aromatic N) is 2. The van der Waals surface area contributed by atoms with E-state index in [4.69, 9.17) is 4.74 Å². The molecule has 0 aromatic heterocycles. The molecule has 0 atom stereocenters. The van der Waals surface area contributed by atoms with E-state index in [-0.39, 0.29) is 0 Å². The standard InChI is InChI=1S/C65H44N2O/c1-6-20-45(21-7-1)46-36-38-51(39-37-46)67(60-35-19-34-58-64(60)54-30-16-17-33-57(54)65(58,47-22-8-2-9-23-47)48-24-10-3-11-25-48)59-41-43-62-63-53(31-18-32-55(59)63)56-44-52(40-42-61(56)68-62)66(49-26-12-4-13-27-49)50-28-14-5-15-29-50/h1-44H. The zero-order valence-electron chi connectivity index (χ0n) is 37.2. The molecule has 3 nitrogen and oxygen atoms in total. The van der Waals surface area contributed by atoms with Gasteiger partial charge in [0.15, 0.2) is 0 Å². The fourth-order valence-electron chi connectivity index (χ4n) is 11.0. The molecule has 1 aliphatic heterocycles. The van der Waals surface area contributed by atoms with Gasteiger partial charge in [0.1, 0.15) is 11.5 Å². The van der Waals surface area contributed by atoms with Gasteiger partial charge in [-0.1, -0.05) is 194 Å².